The Morgan fingerprint density at radius 1 is 1.89 bits per heavy atom. The van der Waals surface area contributed by atoms with Gasteiger partial charge in [0.05, 0.1) is 0 Å². The lowest BCUT2D eigenvalue weighted by molar-refractivity contribution is -0.108. The minimum absolute atomic E-state index is 0.0671. The van der Waals surface area contributed by atoms with Crippen LogP contribution in [-0.2, 0) is 4.79 Å². The van der Waals surface area contributed by atoms with Crippen molar-refractivity contribution in [2.75, 3.05) is 0 Å². The van der Waals surface area contributed by atoms with E-state index in [4.69, 9.17) is 5.73 Å². The van der Waals surface area contributed by atoms with Crippen molar-refractivity contribution in [1.82, 2.24) is 5.32 Å². The molecule has 0 radical (unpaired) electrons. The minimum atomic E-state index is 0.0671. The van der Waals surface area contributed by atoms with Crippen molar-refractivity contribution < 1.29 is 4.79 Å². The van der Waals surface area contributed by atoms with E-state index in [9.17, 15) is 4.79 Å². The number of carbonyl (C=O) groups is 1. The SMILES string of the molecule is C=C(C)N=C(N)NC=O. The molecule has 0 aromatic carbocycles. The average Bonchev–Trinajstić information content (AvgIpc) is 1.63. The van der Waals surface area contributed by atoms with Gasteiger partial charge in [-0.05, 0) is 6.92 Å². The van der Waals surface area contributed by atoms with Gasteiger partial charge < -0.3 is 5.73 Å². The zero-order valence-electron chi connectivity index (χ0n) is 5.22. The molecule has 1 amide bonds. The first-order chi connectivity index (χ1) is 4.16. The quantitative estimate of drug-likeness (QED) is 0.300. The summed E-state index contributed by atoms with van der Waals surface area (Å²) in [6, 6.07) is 0. The summed E-state index contributed by atoms with van der Waals surface area (Å²) in [5.74, 6) is 0.0671. The number of carbonyl (C=O) groups excluding carboxylic acids is 1. The smallest absolute Gasteiger partial charge is 0.213 e. The van der Waals surface area contributed by atoms with E-state index in [1.807, 2.05) is 0 Å². The number of nitrogens with two attached hydrogens (primary N) is 1. The number of hydrogen-bond donors (Lipinski definition) is 2. The maximum atomic E-state index is 9.70. The first-order valence-corrected chi connectivity index (χ1v) is 2.36. The molecule has 4 nitrogen and oxygen atoms in total. The van der Waals surface area contributed by atoms with Crippen LogP contribution in [-0.4, -0.2) is 12.4 Å². The van der Waals surface area contributed by atoms with Crippen molar-refractivity contribution in [2.24, 2.45) is 10.7 Å². The van der Waals surface area contributed by atoms with Crippen LogP contribution in [0.1, 0.15) is 6.92 Å². The van der Waals surface area contributed by atoms with E-state index < -0.39 is 0 Å². The predicted molar refractivity (Wildman–Crippen MR) is 35.6 cm³/mol. The summed E-state index contributed by atoms with van der Waals surface area (Å²) < 4.78 is 0. The van der Waals surface area contributed by atoms with Gasteiger partial charge in [-0.1, -0.05) is 6.58 Å². The van der Waals surface area contributed by atoms with E-state index in [-0.39, 0.29) is 5.96 Å². The van der Waals surface area contributed by atoms with Crippen LogP contribution >= 0.6 is 0 Å². The molecule has 0 bridgehead atoms. The summed E-state index contributed by atoms with van der Waals surface area (Å²) in [5.41, 5.74) is 5.69. The van der Waals surface area contributed by atoms with Crippen LogP contribution in [0.15, 0.2) is 17.3 Å². The van der Waals surface area contributed by atoms with Crippen LogP contribution in [0.3, 0.4) is 0 Å². The van der Waals surface area contributed by atoms with Crippen LogP contribution in [0.5, 0.6) is 0 Å². The highest BCUT2D eigenvalue weighted by Gasteiger charge is 1.84. The Balaban J connectivity index is 3.83. The monoisotopic (exact) mass is 127 g/mol. The highest BCUT2D eigenvalue weighted by molar-refractivity contribution is 5.87. The third kappa shape index (κ3) is 4.53. The fourth-order valence-electron chi connectivity index (χ4n) is 0.298. The van der Waals surface area contributed by atoms with Gasteiger partial charge in [0.15, 0.2) is 5.96 Å². The largest absolute Gasteiger partial charge is 0.369 e. The van der Waals surface area contributed by atoms with Gasteiger partial charge >= 0.3 is 0 Å². The molecule has 3 N–H and O–H groups in total. The molecule has 0 fully saturated rings. The van der Waals surface area contributed by atoms with Crippen molar-refractivity contribution in [3.8, 4) is 0 Å². The highest BCUT2D eigenvalue weighted by atomic mass is 16.1. The van der Waals surface area contributed by atoms with E-state index in [0.717, 1.165) is 0 Å². The van der Waals surface area contributed by atoms with E-state index in [0.29, 0.717) is 12.1 Å². The molecular weight excluding hydrogens is 118 g/mol. The second-order valence-electron chi connectivity index (χ2n) is 1.49. The summed E-state index contributed by atoms with van der Waals surface area (Å²) in [4.78, 5) is 13.3. The van der Waals surface area contributed by atoms with E-state index in [1.54, 1.807) is 6.92 Å². The number of nitrogens with one attached hydrogen (secondary N) is 1. The standard InChI is InChI=1S/C5H9N3O/c1-4(2)8-5(6)7-3-9/h3H,1H2,2H3,(H3,6,7,8,9). The molecule has 0 rings (SSSR count). The summed E-state index contributed by atoms with van der Waals surface area (Å²) in [6.07, 6.45) is 0.460. The molecule has 0 aliphatic heterocycles. The Morgan fingerprint density at radius 3 is 2.78 bits per heavy atom. The first kappa shape index (κ1) is 7.68. The van der Waals surface area contributed by atoms with Gasteiger partial charge in [0.25, 0.3) is 0 Å². The molecule has 0 saturated heterocycles. The number of amides is 1. The predicted octanol–water partition coefficient (Wildman–Crippen LogP) is -0.419. The second-order valence-corrected chi connectivity index (χ2v) is 1.49. The molecule has 0 atom stereocenters. The summed E-state index contributed by atoms with van der Waals surface area (Å²) >= 11 is 0. The van der Waals surface area contributed by atoms with Gasteiger partial charge in [-0.25, -0.2) is 4.99 Å². The lowest BCUT2D eigenvalue weighted by Gasteiger charge is -1.93. The Hall–Kier alpha value is -1.32. The lowest BCUT2D eigenvalue weighted by Crippen LogP contribution is -2.29. The molecule has 50 valence electrons. The van der Waals surface area contributed by atoms with Crippen molar-refractivity contribution >= 4 is 12.4 Å². The normalized spacial score (nSPS) is 10.6. The average molecular weight is 127 g/mol. The van der Waals surface area contributed by atoms with Crippen molar-refractivity contribution in [3.63, 3.8) is 0 Å². The fraction of sp³-hybridized carbons (Fsp3) is 0.200. The third-order valence-electron chi connectivity index (χ3n) is 0.518. The summed E-state index contributed by atoms with van der Waals surface area (Å²) in [5, 5.41) is 2.16. The van der Waals surface area contributed by atoms with Crippen molar-refractivity contribution in [1.29, 1.82) is 0 Å². The van der Waals surface area contributed by atoms with Crippen LogP contribution in [0.25, 0.3) is 0 Å². The molecule has 0 heterocycles. The van der Waals surface area contributed by atoms with Crippen LogP contribution in [0.4, 0.5) is 0 Å². The molecule has 9 heavy (non-hydrogen) atoms. The Morgan fingerprint density at radius 2 is 2.44 bits per heavy atom. The highest BCUT2D eigenvalue weighted by Crippen LogP contribution is 1.84. The Kier molecular flexibility index (Phi) is 3.12. The molecule has 4 heteroatoms. The zero-order valence-corrected chi connectivity index (χ0v) is 5.22. The van der Waals surface area contributed by atoms with Crippen LogP contribution in [0, 0.1) is 0 Å². The van der Waals surface area contributed by atoms with Crippen LogP contribution < -0.4 is 11.1 Å². The second kappa shape index (κ2) is 3.65. The van der Waals surface area contributed by atoms with Gasteiger partial charge in [-0.15, -0.1) is 0 Å². The van der Waals surface area contributed by atoms with Crippen molar-refractivity contribution in [2.45, 2.75) is 6.92 Å². The summed E-state index contributed by atoms with van der Waals surface area (Å²) in [7, 11) is 0. The number of guanidine groups is 1. The molecule has 0 aromatic rings. The molecular formula is C5H9N3O. The van der Waals surface area contributed by atoms with Gasteiger partial charge in [-0.3, -0.25) is 10.1 Å². The van der Waals surface area contributed by atoms with E-state index in [2.05, 4.69) is 16.9 Å². The van der Waals surface area contributed by atoms with Crippen LogP contribution in [0.2, 0.25) is 0 Å². The minimum Gasteiger partial charge on any atom is -0.369 e. The number of rotatable bonds is 2. The van der Waals surface area contributed by atoms with E-state index in [1.165, 1.54) is 0 Å². The van der Waals surface area contributed by atoms with E-state index >= 15 is 0 Å². The van der Waals surface area contributed by atoms with Gasteiger partial charge in [0, 0.05) is 5.70 Å². The first-order valence-electron chi connectivity index (χ1n) is 2.36. The number of allylic oxidation sites excluding steroid dienone is 1. The maximum absolute atomic E-state index is 9.70. The molecule has 0 aliphatic carbocycles. The molecule has 0 unspecified atom stereocenters. The van der Waals surface area contributed by atoms with Gasteiger partial charge in [0.1, 0.15) is 0 Å². The number of nitrogens with zero attached hydrogens (tertiary/aromatic N) is 1. The molecule has 0 spiro atoms. The zero-order chi connectivity index (χ0) is 7.28. The fourth-order valence-corrected chi connectivity index (χ4v) is 0.298. The van der Waals surface area contributed by atoms with Gasteiger partial charge in [-0.2, -0.15) is 0 Å². The topological polar surface area (TPSA) is 67.5 Å². The third-order valence-corrected chi connectivity index (χ3v) is 0.518. The van der Waals surface area contributed by atoms with Crippen molar-refractivity contribution in [3.05, 3.63) is 12.3 Å². The number of hydrogen-bond acceptors (Lipinski definition) is 2. The molecule has 0 saturated carbocycles. The maximum Gasteiger partial charge on any atom is 0.213 e. The van der Waals surface area contributed by atoms with Gasteiger partial charge in [0.2, 0.25) is 6.41 Å². The molecule has 0 aromatic heterocycles. The number of aliphatic imine (C=N–C) groups is 1. The molecule has 0 aliphatic rings. The lowest BCUT2D eigenvalue weighted by atomic mass is 10.6. The Labute approximate surface area is 53.5 Å². The summed E-state index contributed by atoms with van der Waals surface area (Å²) in [6.45, 7) is 5.13. The Bertz CT molecular complexity index is 150.